The Kier molecular flexibility index (Phi) is 3.00. The van der Waals surface area contributed by atoms with Gasteiger partial charge in [-0.3, -0.25) is 0 Å². The third-order valence-corrected chi connectivity index (χ3v) is 3.54. The minimum Gasteiger partial charge on any atom is -0.508 e. The second kappa shape index (κ2) is 4.69. The first-order valence-electron chi connectivity index (χ1n) is 5.68. The molecule has 0 radical (unpaired) electrons. The lowest BCUT2D eigenvalue weighted by Crippen LogP contribution is -1.94. The number of aromatic nitrogens is 2. The number of hydrogen-bond acceptors (Lipinski definition) is 5. The molecule has 1 aromatic heterocycles. The quantitative estimate of drug-likeness (QED) is 0.554. The highest BCUT2D eigenvalue weighted by atomic mass is 32.2. The van der Waals surface area contributed by atoms with Crippen LogP contribution in [-0.4, -0.2) is 30.9 Å². The molecule has 0 saturated carbocycles. The van der Waals surface area contributed by atoms with Crippen molar-refractivity contribution in [3.05, 3.63) is 30.3 Å². The van der Waals surface area contributed by atoms with E-state index in [1.54, 1.807) is 6.07 Å². The Hall–Kier alpha value is -2.25. The van der Waals surface area contributed by atoms with E-state index >= 15 is 0 Å². The van der Waals surface area contributed by atoms with Crippen LogP contribution in [0.3, 0.4) is 0 Å². The summed E-state index contributed by atoms with van der Waals surface area (Å²) >= 11 is -2.07. The highest BCUT2D eigenvalue weighted by Gasteiger charge is 2.10. The Labute approximate surface area is 116 Å². The maximum Gasteiger partial charge on any atom is 0.186 e. The van der Waals surface area contributed by atoms with E-state index in [0.717, 1.165) is 0 Å². The van der Waals surface area contributed by atoms with Gasteiger partial charge in [-0.25, -0.2) is 14.2 Å². The van der Waals surface area contributed by atoms with E-state index < -0.39 is 11.1 Å². The molecular formula is C13H10N2O4S. The molecule has 6 nitrogen and oxygen atoms in total. The lowest BCUT2D eigenvalue weighted by molar-refractivity contribution is 0.412. The molecule has 0 aliphatic carbocycles. The molecule has 0 fully saturated rings. The van der Waals surface area contributed by atoms with Gasteiger partial charge < -0.3 is 14.4 Å². The third-order valence-electron chi connectivity index (χ3n) is 2.88. The molecule has 3 aromatic rings. The number of nitrogens with zero attached hydrogens (tertiary/aromatic N) is 2. The van der Waals surface area contributed by atoms with Crippen molar-refractivity contribution in [2.45, 2.75) is 4.90 Å². The van der Waals surface area contributed by atoms with Gasteiger partial charge in [-0.15, -0.1) is 0 Å². The van der Waals surface area contributed by atoms with E-state index in [9.17, 15) is 9.32 Å². The first-order chi connectivity index (χ1) is 9.58. The number of rotatable bonds is 2. The molecular weight excluding hydrogens is 280 g/mol. The van der Waals surface area contributed by atoms with Crippen LogP contribution in [0.5, 0.6) is 11.5 Å². The number of phenolic OH excluding ortho intramolecular Hbond substituents is 1. The molecule has 1 atom stereocenters. The lowest BCUT2D eigenvalue weighted by Gasteiger charge is -2.07. The summed E-state index contributed by atoms with van der Waals surface area (Å²) in [6, 6.07) is 7.56. The maximum absolute atomic E-state index is 11.1. The average molecular weight is 290 g/mol. The summed E-state index contributed by atoms with van der Waals surface area (Å²) in [5, 5.41) is 9.62. The predicted octanol–water partition coefficient (Wildman–Crippen LogP) is 2.08. The summed E-state index contributed by atoms with van der Waals surface area (Å²) in [4.78, 5) is 9.00. The maximum atomic E-state index is 11.1. The van der Waals surface area contributed by atoms with Crippen LogP contribution >= 0.6 is 0 Å². The lowest BCUT2D eigenvalue weighted by atomic mass is 10.2. The van der Waals surface area contributed by atoms with Gasteiger partial charge in [0, 0.05) is 12.1 Å². The van der Waals surface area contributed by atoms with Gasteiger partial charge in [-0.05, 0) is 18.2 Å². The van der Waals surface area contributed by atoms with Crippen LogP contribution in [-0.2, 0) is 11.1 Å². The van der Waals surface area contributed by atoms with E-state index in [-0.39, 0.29) is 10.6 Å². The second-order valence-corrected chi connectivity index (χ2v) is 5.11. The fourth-order valence-electron chi connectivity index (χ4n) is 1.98. The van der Waals surface area contributed by atoms with Crippen molar-refractivity contribution < 1.29 is 18.6 Å². The fraction of sp³-hybridized carbons (Fsp3) is 0.0769. The molecule has 2 N–H and O–H groups in total. The zero-order chi connectivity index (χ0) is 14.3. The first kappa shape index (κ1) is 12.8. The van der Waals surface area contributed by atoms with Crippen LogP contribution in [0.15, 0.2) is 35.2 Å². The van der Waals surface area contributed by atoms with Gasteiger partial charge in [0.15, 0.2) is 11.1 Å². The molecule has 102 valence electrons. The van der Waals surface area contributed by atoms with Crippen molar-refractivity contribution in [3.63, 3.8) is 0 Å². The largest absolute Gasteiger partial charge is 0.508 e. The van der Waals surface area contributed by atoms with Crippen LogP contribution in [0.2, 0.25) is 0 Å². The van der Waals surface area contributed by atoms with E-state index in [4.69, 9.17) is 9.29 Å². The minimum absolute atomic E-state index is 0.0184. The SMILES string of the molecule is COc1cc(O)cc2nc3cc(S(=O)O)ccc3nc12. The normalized spacial score (nSPS) is 12.7. The third kappa shape index (κ3) is 2.06. The second-order valence-electron chi connectivity index (χ2n) is 4.14. The van der Waals surface area contributed by atoms with Gasteiger partial charge >= 0.3 is 0 Å². The van der Waals surface area contributed by atoms with Gasteiger partial charge in [-0.2, -0.15) is 0 Å². The van der Waals surface area contributed by atoms with Crippen LogP contribution in [0.4, 0.5) is 0 Å². The van der Waals surface area contributed by atoms with Crippen LogP contribution < -0.4 is 4.74 Å². The Bertz CT molecular complexity index is 851. The van der Waals surface area contributed by atoms with Crippen LogP contribution in [0.1, 0.15) is 0 Å². The molecule has 0 amide bonds. The molecule has 0 saturated heterocycles. The van der Waals surface area contributed by atoms with E-state index in [1.807, 2.05) is 0 Å². The zero-order valence-electron chi connectivity index (χ0n) is 10.4. The standard InChI is InChI=1S/C13H10N2O4S/c1-19-12-5-7(16)4-11-13(12)15-9-3-2-8(20(17)18)6-10(9)14-11/h2-6,16H,1H3,(H,17,18). The minimum atomic E-state index is -2.07. The van der Waals surface area contributed by atoms with Crippen molar-refractivity contribution in [1.29, 1.82) is 0 Å². The van der Waals surface area contributed by atoms with Crippen molar-refractivity contribution in [1.82, 2.24) is 9.97 Å². The monoisotopic (exact) mass is 290 g/mol. The van der Waals surface area contributed by atoms with Gasteiger partial charge in [0.25, 0.3) is 0 Å². The van der Waals surface area contributed by atoms with Crippen LogP contribution in [0, 0.1) is 0 Å². The molecule has 2 aromatic carbocycles. The van der Waals surface area contributed by atoms with Gasteiger partial charge in [-0.1, -0.05) is 0 Å². The first-order valence-corrected chi connectivity index (χ1v) is 6.78. The number of methoxy groups -OCH3 is 1. The number of fused-ring (bicyclic) bond motifs is 2. The molecule has 1 heterocycles. The highest BCUT2D eigenvalue weighted by Crippen LogP contribution is 2.29. The molecule has 0 spiro atoms. The van der Waals surface area contributed by atoms with E-state index in [2.05, 4.69) is 9.97 Å². The van der Waals surface area contributed by atoms with Gasteiger partial charge in [0.1, 0.15) is 17.0 Å². The molecule has 3 rings (SSSR count). The number of hydrogen-bond donors (Lipinski definition) is 2. The summed E-state index contributed by atoms with van der Waals surface area (Å²) in [6.07, 6.45) is 0. The highest BCUT2D eigenvalue weighted by molar-refractivity contribution is 7.79. The summed E-state index contributed by atoms with van der Waals surface area (Å²) in [5.74, 6) is 0.439. The van der Waals surface area contributed by atoms with E-state index in [0.29, 0.717) is 27.8 Å². The summed E-state index contributed by atoms with van der Waals surface area (Å²) in [6.45, 7) is 0. The number of aromatic hydroxyl groups is 1. The number of benzene rings is 2. The summed E-state index contributed by atoms with van der Waals surface area (Å²) in [5.41, 5.74) is 2.03. The smallest absolute Gasteiger partial charge is 0.186 e. The Balaban J connectivity index is 2.36. The molecule has 0 aliphatic heterocycles. The van der Waals surface area contributed by atoms with E-state index in [1.165, 1.54) is 31.4 Å². The van der Waals surface area contributed by atoms with Crippen molar-refractivity contribution in [2.24, 2.45) is 0 Å². The zero-order valence-corrected chi connectivity index (χ0v) is 11.2. The Morgan fingerprint density at radius 3 is 2.60 bits per heavy atom. The Morgan fingerprint density at radius 1 is 1.10 bits per heavy atom. The van der Waals surface area contributed by atoms with Gasteiger partial charge in [0.2, 0.25) is 0 Å². The average Bonchev–Trinajstić information content (AvgIpc) is 2.43. The molecule has 0 aliphatic rings. The topological polar surface area (TPSA) is 92.5 Å². The molecule has 0 bridgehead atoms. The van der Waals surface area contributed by atoms with Crippen molar-refractivity contribution in [2.75, 3.05) is 7.11 Å². The summed E-state index contributed by atoms with van der Waals surface area (Å²) in [7, 11) is 1.48. The van der Waals surface area contributed by atoms with Crippen molar-refractivity contribution >= 4 is 33.1 Å². The molecule has 20 heavy (non-hydrogen) atoms. The Morgan fingerprint density at radius 2 is 1.90 bits per heavy atom. The van der Waals surface area contributed by atoms with Gasteiger partial charge in [0.05, 0.1) is 28.6 Å². The van der Waals surface area contributed by atoms with Crippen molar-refractivity contribution in [3.8, 4) is 11.5 Å². The fourth-order valence-corrected chi connectivity index (χ4v) is 2.38. The predicted molar refractivity (Wildman–Crippen MR) is 74.3 cm³/mol. The molecule has 7 heteroatoms. The molecule has 1 unspecified atom stereocenters. The summed E-state index contributed by atoms with van der Waals surface area (Å²) < 4.78 is 25.3. The number of phenols is 1. The van der Waals surface area contributed by atoms with Crippen LogP contribution in [0.25, 0.3) is 22.1 Å². The number of ether oxygens (including phenoxy) is 1.